The molecular weight excluding hydrogens is 358 g/mol. The van der Waals surface area contributed by atoms with Crippen molar-refractivity contribution in [3.63, 3.8) is 0 Å². The molecule has 0 heterocycles. The van der Waals surface area contributed by atoms with Gasteiger partial charge in [-0.2, -0.15) is 0 Å². The molecule has 0 bridgehead atoms. The molecule has 3 aliphatic rings. The maximum absolute atomic E-state index is 13.2. The molecular formula is C23H32F2N2O. The minimum Gasteiger partial charge on any atom is -0.353 e. The summed E-state index contributed by atoms with van der Waals surface area (Å²) in [5.74, 6) is -1.24. The molecule has 4 rings (SSSR count). The Balaban J connectivity index is 1.14. The third kappa shape index (κ3) is 5.53. The van der Waals surface area contributed by atoms with Gasteiger partial charge in [0.05, 0.1) is 6.42 Å². The smallest absolute Gasteiger partial charge is 0.248 e. The fourth-order valence-corrected chi connectivity index (χ4v) is 4.72. The summed E-state index contributed by atoms with van der Waals surface area (Å²) in [6, 6.07) is 9.12. The van der Waals surface area contributed by atoms with Crippen molar-refractivity contribution in [1.29, 1.82) is 0 Å². The first kappa shape index (κ1) is 19.8. The lowest BCUT2D eigenvalue weighted by Gasteiger charge is -2.29. The number of amides is 1. The van der Waals surface area contributed by atoms with Crippen LogP contribution in [0.15, 0.2) is 24.3 Å². The summed E-state index contributed by atoms with van der Waals surface area (Å²) in [7, 11) is 0. The molecule has 0 unspecified atom stereocenters. The lowest BCUT2D eigenvalue weighted by Crippen LogP contribution is -2.38. The van der Waals surface area contributed by atoms with Gasteiger partial charge in [0.25, 0.3) is 0 Å². The predicted octanol–water partition coefficient (Wildman–Crippen LogP) is 4.56. The maximum atomic E-state index is 13.2. The molecule has 5 heteroatoms. The molecule has 1 amide bonds. The van der Waals surface area contributed by atoms with Crippen molar-refractivity contribution in [2.75, 3.05) is 6.54 Å². The van der Waals surface area contributed by atoms with Crippen molar-refractivity contribution < 1.29 is 13.6 Å². The molecule has 3 fully saturated rings. The van der Waals surface area contributed by atoms with E-state index in [2.05, 4.69) is 34.9 Å². The molecule has 0 aliphatic heterocycles. The van der Waals surface area contributed by atoms with Crippen LogP contribution in [0.5, 0.6) is 0 Å². The number of carbonyl (C=O) groups excluding carboxylic acids is 1. The zero-order valence-corrected chi connectivity index (χ0v) is 16.6. The molecule has 0 saturated heterocycles. The zero-order valence-electron chi connectivity index (χ0n) is 16.6. The first-order valence-corrected chi connectivity index (χ1v) is 11.0. The van der Waals surface area contributed by atoms with Gasteiger partial charge in [0.15, 0.2) is 0 Å². The lowest BCUT2D eigenvalue weighted by molar-refractivity contribution is -0.121. The average Bonchev–Trinajstić information content (AvgIpc) is 3.42. The second kappa shape index (κ2) is 8.48. The Morgan fingerprint density at radius 1 is 0.964 bits per heavy atom. The van der Waals surface area contributed by atoms with Crippen LogP contribution in [0.3, 0.4) is 0 Å². The van der Waals surface area contributed by atoms with Gasteiger partial charge in [-0.15, -0.1) is 0 Å². The molecule has 0 aromatic heterocycles. The van der Waals surface area contributed by atoms with Crippen molar-refractivity contribution in [3.05, 3.63) is 35.4 Å². The Morgan fingerprint density at radius 3 is 2.32 bits per heavy atom. The van der Waals surface area contributed by atoms with Gasteiger partial charge in [-0.25, -0.2) is 8.78 Å². The Bertz CT molecular complexity index is 662. The topological polar surface area (TPSA) is 41.1 Å². The average molecular weight is 391 g/mol. The van der Waals surface area contributed by atoms with Gasteiger partial charge < -0.3 is 10.6 Å². The number of halogens is 2. The standard InChI is InChI=1S/C23H32F2N2O/c24-23(25)11-9-17(10-12-23)15-26-20-7-8-21(14-20)27-22(28)13-16-1-3-18(4-2-16)19-5-6-19/h1-4,17,19-21,26H,5-15H2,(H,27,28)/t20-,21-/m0/s1. The number of rotatable bonds is 7. The van der Waals surface area contributed by atoms with E-state index in [1.807, 2.05) is 0 Å². The third-order valence-electron chi connectivity index (χ3n) is 6.72. The van der Waals surface area contributed by atoms with Crippen LogP contribution in [0.2, 0.25) is 0 Å². The number of nitrogens with one attached hydrogen (secondary N) is 2. The number of hydrogen-bond donors (Lipinski definition) is 2. The van der Waals surface area contributed by atoms with Gasteiger partial charge in [-0.05, 0) is 74.5 Å². The van der Waals surface area contributed by atoms with Crippen molar-refractivity contribution in [2.24, 2.45) is 5.92 Å². The van der Waals surface area contributed by atoms with Crippen molar-refractivity contribution >= 4 is 5.91 Å². The highest BCUT2D eigenvalue weighted by Gasteiger charge is 2.35. The van der Waals surface area contributed by atoms with Gasteiger partial charge in [0, 0.05) is 24.9 Å². The van der Waals surface area contributed by atoms with Crippen LogP contribution in [0.1, 0.15) is 74.8 Å². The highest BCUT2D eigenvalue weighted by Crippen LogP contribution is 2.40. The first-order valence-electron chi connectivity index (χ1n) is 11.0. The molecule has 1 aromatic carbocycles. The fraction of sp³-hybridized carbons (Fsp3) is 0.696. The second-order valence-corrected chi connectivity index (χ2v) is 9.17. The van der Waals surface area contributed by atoms with E-state index in [9.17, 15) is 13.6 Å². The van der Waals surface area contributed by atoms with Gasteiger partial charge in [0.1, 0.15) is 0 Å². The summed E-state index contributed by atoms with van der Waals surface area (Å²) in [5.41, 5.74) is 2.47. The molecule has 3 saturated carbocycles. The minimum atomic E-state index is -2.45. The summed E-state index contributed by atoms with van der Waals surface area (Å²) >= 11 is 0. The molecule has 3 nitrogen and oxygen atoms in total. The SMILES string of the molecule is O=C(Cc1ccc(C2CC2)cc1)N[C@H]1CC[C@H](NCC2CCC(F)(F)CC2)C1. The number of benzene rings is 1. The van der Waals surface area contributed by atoms with Crippen LogP contribution in [0.25, 0.3) is 0 Å². The van der Waals surface area contributed by atoms with Crippen molar-refractivity contribution in [1.82, 2.24) is 10.6 Å². The summed E-state index contributed by atoms with van der Waals surface area (Å²) < 4.78 is 26.5. The van der Waals surface area contributed by atoms with E-state index >= 15 is 0 Å². The monoisotopic (exact) mass is 390 g/mol. The van der Waals surface area contributed by atoms with Gasteiger partial charge in [-0.1, -0.05) is 24.3 Å². The normalized spacial score (nSPS) is 27.6. The van der Waals surface area contributed by atoms with E-state index in [1.54, 1.807) is 0 Å². The van der Waals surface area contributed by atoms with E-state index in [4.69, 9.17) is 0 Å². The van der Waals surface area contributed by atoms with Crippen LogP contribution >= 0.6 is 0 Å². The Labute approximate surface area is 166 Å². The van der Waals surface area contributed by atoms with Gasteiger partial charge in [-0.3, -0.25) is 4.79 Å². The molecule has 0 spiro atoms. The van der Waals surface area contributed by atoms with E-state index < -0.39 is 5.92 Å². The van der Waals surface area contributed by atoms with E-state index in [0.29, 0.717) is 31.2 Å². The Kier molecular flexibility index (Phi) is 6.00. The summed E-state index contributed by atoms with van der Waals surface area (Å²) in [5, 5.41) is 6.74. The quantitative estimate of drug-likeness (QED) is 0.717. The second-order valence-electron chi connectivity index (χ2n) is 9.17. The third-order valence-corrected chi connectivity index (χ3v) is 6.72. The summed E-state index contributed by atoms with van der Waals surface area (Å²) in [6.07, 6.45) is 7.31. The fourth-order valence-electron chi connectivity index (χ4n) is 4.72. The molecule has 0 radical (unpaired) electrons. The summed E-state index contributed by atoms with van der Waals surface area (Å²) in [4.78, 5) is 12.4. The molecule has 1 aromatic rings. The Hall–Kier alpha value is -1.49. The van der Waals surface area contributed by atoms with Crippen LogP contribution < -0.4 is 10.6 Å². The van der Waals surface area contributed by atoms with Crippen LogP contribution in [0.4, 0.5) is 8.78 Å². The Morgan fingerprint density at radius 2 is 1.64 bits per heavy atom. The highest BCUT2D eigenvalue weighted by molar-refractivity contribution is 5.78. The summed E-state index contributed by atoms with van der Waals surface area (Å²) in [6.45, 7) is 0.828. The van der Waals surface area contributed by atoms with Gasteiger partial charge >= 0.3 is 0 Å². The maximum Gasteiger partial charge on any atom is 0.248 e. The highest BCUT2D eigenvalue weighted by atomic mass is 19.3. The minimum absolute atomic E-state index is 0.0321. The number of alkyl halides is 2. The van der Waals surface area contributed by atoms with Crippen molar-refractivity contribution in [2.45, 2.75) is 88.1 Å². The molecule has 154 valence electrons. The van der Waals surface area contributed by atoms with Gasteiger partial charge in [0.2, 0.25) is 11.8 Å². The molecule has 28 heavy (non-hydrogen) atoms. The van der Waals surface area contributed by atoms with Crippen LogP contribution in [0, 0.1) is 5.92 Å². The number of hydrogen-bond acceptors (Lipinski definition) is 2. The number of carbonyl (C=O) groups is 1. The van der Waals surface area contributed by atoms with E-state index in [-0.39, 0.29) is 24.8 Å². The van der Waals surface area contributed by atoms with Crippen LogP contribution in [-0.4, -0.2) is 30.5 Å². The largest absolute Gasteiger partial charge is 0.353 e. The predicted molar refractivity (Wildman–Crippen MR) is 107 cm³/mol. The molecule has 3 aliphatic carbocycles. The zero-order chi connectivity index (χ0) is 19.6. The first-order chi connectivity index (χ1) is 13.5. The van der Waals surface area contributed by atoms with E-state index in [0.717, 1.165) is 37.3 Å². The molecule has 2 N–H and O–H groups in total. The van der Waals surface area contributed by atoms with Crippen LogP contribution in [-0.2, 0) is 11.2 Å². The molecule has 2 atom stereocenters. The van der Waals surface area contributed by atoms with E-state index in [1.165, 1.54) is 18.4 Å². The lowest BCUT2D eigenvalue weighted by atomic mass is 9.86. The van der Waals surface area contributed by atoms with Crippen molar-refractivity contribution in [3.8, 4) is 0 Å².